The van der Waals surface area contributed by atoms with E-state index in [-0.39, 0.29) is 16.7 Å². The Balaban J connectivity index is 1.67. The van der Waals surface area contributed by atoms with Gasteiger partial charge in [0.2, 0.25) is 5.88 Å². The van der Waals surface area contributed by atoms with Gasteiger partial charge in [0, 0.05) is 12.1 Å². The number of nitrogens with zero attached hydrogens (tertiary/aromatic N) is 1. The van der Waals surface area contributed by atoms with E-state index < -0.39 is 11.7 Å². The summed E-state index contributed by atoms with van der Waals surface area (Å²) >= 11 is 5.91. The van der Waals surface area contributed by atoms with E-state index in [1.165, 1.54) is 12.1 Å². The molecule has 2 atom stereocenters. The lowest BCUT2D eigenvalue weighted by Gasteiger charge is -2.28. The highest BCUT2D eigenvalue weighted by Crippen LogP contribution is 2.21. The number of piperidine rings is 1. The average Bonchev–Trinajstić information content (AvgIpc) is 2.55. The summed E-state index contributed by atoms with van der Waals surface area (Å²) in [6.07, 6.45) is 1.92. The van der Waals surface area contributed by atoms with E-state index >= 15 is 0 Å². The summed E-state index contributed by atoms with van der Waals surface area (Å²) in [5, 5.41) is 6.07. The van der Waals surface area contributed by atoms with Gasteiger partial charge < -0.3 is 15.4 Å². The molecule has 5 nitrogen and oxygen atoms in total. The molecular weight excluding hydrogens is 345 g/mol. The lowest BCUT2D eigenvalue weighted by atomic mass is 10.0. The van der Waals surface area contributed by atoms with Crippen LogP contribution in [0, 0.1) is 5.82 Å². The molecule has 1 aliphatic rings. The number of benzene rings is 1. The third kappa shape index (κ3) is 4.67. The average molecular weight is 364 g/mol. The molecule has 7 heteroatoms. The summed E-state index contributed by atoms with van der Waals surface area (Å²) in [6.45, 7) is 3.03. The third-order valence-corrected chi connectivity index (χ3v) is 4.32. The van der Waals surface area contributed by atoms with Gasteiger partial charge in [-0.05, 0) is 50.6 Å². The van der Waals surface area contributed by atoms with Gasteiger partial charge in [-0.1, -0.05) is 17.7 Å². The molecule has 0 spiro atoms. The zero-order valence-electron chi connectivity index (χ0n) is 13.8. The Bertz CT molecular complexity index is 772. The summed E-state index contributed by atoms with van der Waals surface area (Å²) < 4.78 is 19.0. The molecule has 1 aromatic heterocycles. The van der Waals surface area contributed by atoms with Crippen LogP contribution in [-0.4, -0.2) is 29.6 Å². The van der Waals surface area contributed by atoms with Crippen LogP contribution < -0.4 is 15.4 Å². The Morgan fingerprint density at radius 2 is 2.24 bits per heavy atom. The number of rotatable bonds is 4. The number of nitrogens with one attached hydrogen (secondary N) is 2. The van der Waals surface area contributed by atoms with Crippen LogP contribution in [0.4, 0.5) is 10.2 Å². The highest BCUT2D eigenvalue weighted by Gasteiger charge is 2.20. The SMILES string of the molecule is CC1CC(Oc2cccc(NC(=O)c3ccc(F)cc3Cl)n2)CCN1. The number of anilines is 1. The number of pyridine rings is 1. The van der Waals surface area contributed by atoms with Crippen LogP contribution in [0.15, 0.2) is 36.4 Å². The van der Waals surface area contributed by atoms with Crippen molar-refractivity contribution in [3.05, 3.63) is 52.8 Å². The summed E-state index contributed by atoms with van der Waals surface area (Å²) in [5.74, 6) is -0.136. The Labute approximate surface area is 150 Å². The minimum Gasteiger partial charge on any atom is -0.474 e. The Hall–Kier alpha value is -2.18. The summed E-state index contributed by atoms with van der Waals surface area (Å²) in [5.41, 5.74) is 0.184. The second kappa shape index (κ2) is 7.80. The highest BCUT2D eigenvalue weighted by atomic mass is 35.5. The van der Waals surface area contributed by atoms with Crippen LogP contribution in [0.25, 0.3) is 0 Å². The number of hydrogen-bond acceptors (Lipinski definition) is 4. The lowest BCUT2D eigenvalue weighted by Crippen LogP contribution is -2.40. The van der Waals surface area contributed by atoms with E-state index in [1.807, 2.05) is 0 Å². The van der Waals surface area contributed by atoms with Gasteiger partial charge in [-0.25, -0.2) is 4.39 Å². The van der Waals surface area contributed by atoms with E-state index in [2.05, 4.69) is 22.5 Å². The molecule has 132 valence electrons. The minimum absolute atomic E-state index is 0.0496. The molecule has 1 fully saturated rings. The molecule has 3 rings (SSSR count). The first kappa shape index (κ1) is 17.6. The van der Waals surface area contributed by atoms with E-state index in [0.29, 0.717) is 17.7 Å². The van der Waals surface area contributed by atoms with Crippen molar-refractivity contribution in [1.29, 1.82) is 0 Å². The Morgan fingerprint density at radius 3 is 3.00 bits per heavy atom. The molecule has 0 saturated carbocycles. The lowest BCUT2D eigenvalue weighted by molar-refractivity contribution is 0.102. The zero-order chi connectivity index (χ0) is 17.8. The molecule has 1 aromatic carbocycles. The highest BCUT2D eigenvalue weighted by molar-refractivity contribution is 6.34. The van der Waals surface area contributed by atoms with Crippen molar-refractivity contribution in [2.45, 2.75) is 31.9 Å². The maximum Gasteiger partial charge on any atom is 0.258 e. The van der Waals surface area contributed by atoms with Crippen molar-refractivity contribution in [3.63, 3.8) is 0 Å². The second-order valence-electron chi connectivity index (χ2n) is 6.06. The predicted octanol–water partition coefficient (Wildman–Crippen LogP) is 3.65. The van der Waals surface area contributed by atoms with Crippen LogP contribution >= 0.6 is 11.6 Å². The molecule has 2 N–H and O–H groups in total. The molecule has 0 radical (unpaired) electrons. The van der Waals surface area contributed by atoms with Gasteiger partial charge in [0.25, 0.3) is 5.91 Å². The molecule has 0 bridgehead atoms. The van der Waals surface area contributed by atoms with Gasteiger partial charge >= 0.3 is 0 Å². The van der Waals surface area contributed by atoms with Crippen LogP contribution in [-0.2, 0) is 0 Å². The maximum atomic E-state index is 13.1. The fourth-order valence-electron chi connectivity index (χ4n) is 2.77. The first-order chi connectivity index (χ1) is 12.0. The standard InChI is InChI=1S/C18H19ClFN3O2/c1-11-9-13(7-8-21-11)25-17-4-2-3-16(22-17)23-18(24)14-6-5-12(20)10-15(14)19/h2-6,10-11,13,21H,7-9H2,1H3,(H,22,23,24). The number of carbonyl (C=O) groups is 1. The summed E-state index contributed by atoms with van der Waals surface area (Å²) in [6, 6.07) is 9.20. The van der Waals surface area contributed by atoms with E-state index in [9.17, 15) is 9.18 Å². The number of ether oxygens (including phenoxy) is 1. The zero-order valence-corrected chi connectivity index (χ0v) is 14.5. The minimum atomic E-state index is -0.494. The van der Waals surface area contributed by atoms with Gasteiger partial charge in [0.05, 0.1) is 10.6 Å². The first-order valence-corrected chi connectivity index (χ1v) is 8.52. The number of halogens is 2. The second-order valence-corrected chi connectivity index (χ2v) is 6.47. The van der Waals surface area contributed by atoms with E-state index in [1.54, 1.807) is 18.2 Å². The largest absolute Gasteiger partial charge is 0.474 e. The van der Waals surface area contributed by atoms with E-state index in [0.717, 1.165) is 25.5 Å². The van der Waals surface area contributed by atoms with Gasteiger partial charge in [-0.2, -0.15) is 4.98 Å². The number of amides is 1. The van der Waals surface area contributed by atoms with Crippen LogP contribution in [0.5, 0.6) is 5.88 Å². The van der Waals surface area contributed by atoms with Crippen molar-refractivity contribution in [3.8, 4) is 5.88 Å². The molecule has 1 aliphatic heterocycles. The smallest absolute Gasteiger partial charge is 0.258 e. The maximum absolute atomic E-state index is 13.1. The Kier molecular flexibility index (Phi) is 5.50. The molecule has 2 aromatic rings. The molecule has 0 aliphatic carbocycles. The van der Waals surface area contributed by atoms with Gasteiger partial charge in [-0.15, -0.1) is 0 Å². The van der Waals surface area contributed by atoms with Crippen molar-refractivity contribution in [1.82, 2.24) is 10.3 Å². The number of hydrogen-bond donors (Lipinski definition) is 2. The number of aromatic nitrogens is 1. The molecular formula is C18H19ClFN3O2. The number of carbonyl (C=O) groups excluding carboxylic acids is 1. The fourth-order valence-corrected chi connectivity index (χ4v) is 3.02. The molecule has 2 unspecified atom stereocenters. The van der Waals surface area contributed by atoms with Crippen LogP contribution in [0.1, 0.15) is 30.1 Å². The summed E-state index contributed by atoms with van der Waals surface area (Å²) in [7, 11) is 0. The predicted molar refractivity (Wildman–Crippen MR) is 94.7 cm³/mol. The monoisotopic (exact) mass is 363 g/mol. The van der Waals surface area contributed by atoms with E-state index in [4.69, 9.17) is 16.3 Å². The fraction of sp³-hybridized carbons (Fsp3) is 0.333. The topological polar surface area (TPSA) is 63.2 Å². The third-order valence-electron chi connectivity index (χ3n) is 4.00. The normalized spacial score (nSPS) is 20.1. The van der Waals surface area contributed by atoms with Crippen LogP contribution in [0.3, 0.4) is 0 Å². The van der Waals surface area contributed by atoms with Crippen molar-refractivity contribution >= 4 is 23.3 Å². The molecule has 1 saturated heterocycles. The van der Waals surface area contributed by atoms with Gasteiger partial charge in [0.15, 0.2) is 0 Å². The first-order valence-electron chi connectivity index (χ1n) is 8.15. The van der Waals surface area contributed by atoms with Crippen molar-refractivity contribution in [2.24, 2.45) is 0 Å². The molecule has 1 amide bonds. The van der Waals surface area contributed by atoms with Crippen molar-refractivity contribution < 1.29 is 13.9 Å². The van der Waals surface area contributed by atoms with Crippen molar-refractivity contribution in [2.75, 3.05) is 11.9 Å². The summed E-state index contributed by atoms with van der Waals surface area (Å²) in [4.78, 5) is 16.6. The van der Waals surface area contributed by atoms with Gasteiger partial charge in [0.1, 0.15) is 17.7 Å². The van der Waals surface area contributed by atoms with Crippen LogP contribution in [0.2, 0.25) is 5.02 Å². The molecule has 2 heterocycles. The van der Waals surface area contributed by atoms with Gasteiger partial charge in [-0.3, -0.25) is 4.79 Å². The Morgan fingerprint density at radius 1 is 1.40 bits per heavy atom. The quantitative estimate of drug-likeness (QED) is 0.870. The molecule has 25 heavy (non-hydrogen) atoms.